The Morgan fingerprint density at radius 1 is 1.14 bits per heavy atom. The van der Waals surface area contributed by atoms with Crippen LogP contribution < -0.4 is 16.0 Å². The fraction of sp³-hybridized carbons (Fsp3) is 0.364. The van der Waals surface area contributed by atoms with E-state index in [0.717, 1.165) is 23.2 Å². The number of carbonyl (C=O) groups is 2. The molecular formula is C22H28ClN3O2. The molecule has 150 valence electrons. The lowest BCUT2D eigenvalue weighted by Crippen LogP contribution is -2.27. The fourth-order valence-electron chi connectivity index (χ4n) is 2.77. The zero-order valence-electron chi connectivity index (χ0n) is 16.9. The number of carbonyl (C=O) groups excluding carboxylic acids is 2. The first-order valence-electron chi connectivity index (χ1n) is 9.51. The van der Waals surface area contributed by atoms with Crippen LogP contribution in [-0.2, 0) is 11.2 Å². The molecule has 0 bridgehead atoms. The topological polar surface area (TPSA) is 70.2 Å². The minimum Gasteiger partial charge on any atom is -0.376 e. The summed E-state index contributed by atoms with van der Waals surface area (Å²) in [6.45, 7) is 8.79. The second-order valence-corrected chi connectivity index (χ2v) is 7.57. The van der Waals surface area contributed by atoms with E-state index < -0.39 is 0 Å². The summed E-state index contributed by atoms with van der Waals surface area (Å²) in [5.74, 6) is 0.0252. The molecule has 0 aliphatic heterocycles. The van der Waals surface area contributed by atoms with Crippen LogP contribution in [0.25, 0.3) is 0 Å². The molecule has 0 radical (unpaired) electrons. The summed E-state index contributed by atoms with van der Waals surface area (Å²) in [5, 5.41) is 9.21. The molecule has 0 aliphatic rings. The van der Waals surface area contributed by atoms with E-state index >= 15 is 0 Å². The molecule has 0 fully saturated rings. The molecule has 2 aromatic rings. The van der Waals surface area contributed by atoms with Crippen LogP contribution in [0.1, 0.15) is 42.3 Å². The average Bonchev–Trinajstić information content (AvgIpc) is 2.66. The predicted octanol–water partition coefficient (Wildman–Crippen LogP) is 4.65. The molecule has 5 nitrogen and oxygen atoms in total. The molecule has 0 unspecified atom stereocenters. The van der Waals surface area contributed by atoms with Gasteiger partial charge in [0.2, 0.25) is 5.91 Å². The van der Waals surface area contributed by atoms with Crippen molar-refractivity contribution in [1.82, 2.24) is 5.32 Å². The number of rotatable bonds is 8. The Morgan fingerprint density at radius 2 is 1.89 bits per heavy atom. The molecular weight excluding hydrogens is 374 g/mol. The van der Waals surface area contributed by atoms with Gasteiger partial charge < -0.3 is 16.0 Å². The second-order valence-electron chi connectivity index (χ2n) is 7.16. The lowest BCUT2D eigenvalue weighted by Gasteiger charge is -2.14. The highest BCUT2D eigenvalue weighted by Crippen LogP contribution is 2.22. The number of nitrogens with one attached hydrogen (secondary N) is 3. The predicted molar refractivity (Wildman–Crippen MR) is 116 cm³/mol. The summed E-state index contributed by atoms with van der Waals surface area (Å²) in [6, 6.07) is 11.0. The van der Waals surface area contributed by atoms with Gasteiger partial charge >= 0.3 is 0 Å². The molecule has 0 saturated heterocycles. The summed E-state index contributed by atoms with van der Waals surface area (Å²) in [5.41, 5.74) is 4.11. The molecule has 0 aliphatic carbocycles. The van der Waals surface area contributed by atoms with Gasteiger partial charge in [0.15, 0.2) is 0 Å². The average molecular weight is 402 g/mol. The normalized spacial score (nSPS) is 10.6. The summed E-state index contributed by atoms with van der Waals surface area (Å²) < 4.78 is 0. The summed E-state index contributed by atoms with van der Waals surface area (Å²) >= 11 is 6.24. The van der Waals surface area contributed by atoms with Gasteiger partial charge in [0, 0.05) is 17.9 Å². The van der Waals surface area contributed by atoms with Gasteiger partial charge in [0.25, 0.3) is 5.91 Å². The third-order valence-electron chi connectivity index (χ3n) is 4.34. The smallest absolute Gasteiger partial charge is 0.252 e. The van der Waals surface area contributed by atoms with E-state index in [0.29, 0.717) is 28.7 Å². The van der Waals surface area contributed by atoms with Gasteiger partial charge in [-0.1, -0.05) is 50.6 Å². The Hall–Kier alpha value is -2.53. The van der Waals surface area contributed by atoms with Crippen molar-refractivity contribution in [1.29, 1.82) is 0 Å². The standard InChI is InChI=1S/C22H28ClN3O2/c1-5-16-8-6-7-15(4)21(16)26-20(27)13-24-17-9-10-18(19(23)11-17)22(28)25-12-14(2)3/h6-11,14,24H,5,12-13H2,1-4H3,(H,25,28)(H,26,27). The van der Waals surface area contributed by atoms with E-state index in [2.05, 4.69) is 22.9 Å². The van der Waals surface area contributed by atoms with Crippen molar-refractivity contribution in [3.63, 3.8) is 0 Å². The maximum atomic E-state index is 12.3. The van der Waals surface area contributed by atoms with Crippen molar-refractivity contribution >= 4 is 34.8 Å². The molecule has 6 heteroatoms. The van der Waals surface area contributed by atoms with Crippen molar-refractivity contribution in [3.8, 4) is 0 Å². The summed E-state index contributed by atoms with van der Waals surface area (Å²) in [7, 11) is 0. The lowest BCUT2D eigenvalue weighted by molar-refractivity contribution is -0.114. The number of aryl methyl sites for hydroxylation is 2. The largest absolute Gasteiger partial charge is 0.376 e. The van der Waals surface area contributed by atoms with Crippen LogP contribution >= 0.6 is 11.6 Å². The van der Waals surface area contributed by atoms with E-state index in [-0.39, 0.29) is 18.4 Å². The number of halogens is 1. The van der Waals surface area contributed by atoms with Crippen molar-refractivity contribution in [2.45, 2.75) is 34.1 Å². The van der Waals surface area contributed by atoms with Gasteiger partial charge in [-0.15, -0.1) is 0 Å². The first-order valence-corrected chi connectivity index (χ1v) is 9.89. The van der Waals surface area contributed by atoms with E-state index in [4.69, 9.17) is 11.6 Å². The number of hydrogen-bond acceptors (Lipinski definition) is 3. The van der Waals surface area contributed by atoms with E-state index in [1.807, 2.05) is 39.0 Å². The van der Waals surface area contributed by atoms with Crippen LogP contribution in [0.3, 0.4) is 0 Å². The SMILES string of the molecule is CCc1cccc(C)c1NC(=O)CNc1ccc(C(=O)NCC(C)C)c(Cl)c1. The molecule has 2 aromatic carbocycles. The van der Waals surface area contributed by atoms with Crippen molar-refractivity contribution in [3.05, 3.63) is 58.1 Å². The van der Waals surface area contributed by atoms with E-state index in [1.54, 1.807) is 18.2 Å². The third kappa shape index (κ3) is 5.99. The van der Waals surface area contributed by atoms with Crippen LogP contribution in [-0.4, -0.2) is 24.9 Å². The monoisotopic (exact) mass is 401 g/mol. The lowest BCUT2D eigenvalue weighted by atomic mass is 10.1. The highest BCUT2D eigenvalue weighted by Gasteiger charge is 2.12. The van der Waals surface area contributed by atoms with Gasteiger partial charge in [-0.3, -0.25) is 9.59 Å². The molecule has 0 saturated carbocycles. The molecule has 0 atom stereocenters. The first-order chi connectivity index (χ1) is 13.3. The maximum absolute atomic E-state index is 12.3. The van der Waals surface area contributed by atoms with Gasteiger partial charge in [0.05, 0.1) is 17.1 Å². The molecule has 28 heavy (non-hydrogen) atoms. The van der Waals surface area contributed by atoms with Crippen LogP contribution in [0.4, 0.5) is 11.4 Å². The van der Waals surface area contributed by atoms with Crippen molar-refractivity contribution in [2.24, 2.45) is 5.92 Å². The van der Waals surface area contributed by atoms with Gasteiger partial charge in [-0.25, -0.2) is 0 Å². The van der Waals surface area contributed by atoms with Crippen molar-refractivity contribution < 1.29 is 9.59 Å². The van der Waals surface area contributed by atoms with Gasteiger partial charge in [-0.2, -0.15) is 0 Å². The van der Waals surface area contributed by atoms with E-state index in [1.165, 1.54) is 0 Å². The molecule has 0 spiro atoms. The molecule has 2 amide bonds. The highest BCUT2D eigenvalue weighted by atomic mass is 35.5. The van der Waals surface area contributed by atoms with Crippen LogP contribution in [0.5, 0.6) is 0 Å². The molecule has 0 aromatic heterocycles. The summed E-state index contributed by atoms with van der Waals surface area (Å²) in [4.78, 5) is 24.5. The maximum Gasteiger partial charge on any atom is 0.252 e. The minimum absolute atomic E-state index is 0.104. The Kier molecular flexibility index (Phi) is 7.88. The number of hydrogen-bond donors (Lipinski definition) is 3. The first kappa shape index (κ1) is 21.8. The van der Waals surface area contributed by atoms with Crippen LogP contribution in [0.15, 0.2) is 36.4 Å². The second kappa shape index (κ2) is 10.1. The van der Waals surface area contributed by atoms with Gasteiger partial charge in [0.1, 0.15) is 0 Å². The number of benzene rings is 2. The number of amides is 2. The Labute approximate surface area is 171 Å². The zero-order valence-corrected chi connectivity index (χ0v) is 17.6. The Bertz CT molecular complexity index is 850. The molecule has 0 heterocycles. The fourth-order valence-corrected chi connectivity index (χ4v) is 3.04. The Morgan fingerprint density at radius 3 is 2.54 bits per heavy atom. The zero-order chi connectivity index (χ0) is 20.7. The van der Waals surface area contributed by atoms with Gasteiger partial charge in [-0.05, 0) is 48.6 Å². The third-order valence-corrected chi connectivity index (χ3v) is 4.65. The van der Waals surface area contributed by atoms with E-state index in [9.17, 15) is 9.59 Å². The highest BCUT2D eigenvalue weighted by molar-refractivity contribution is 6.34. The Balaban J connectivity index is 1.97. The quantitative estimate of drug-likeness (QED) is 0.603. The molecule has 2 rings (SSSR count). The van der Waals surface area contributed by atoms with Crippen molar-refractivity contribution in [2.75, 3.05) is 23.7 Å². The van der Waals surface area contributed by atoms with Crippen LogP contribution in [0.2, 0.25) is 5.02 Å². The minimum atomic E-state index is -0.199. The number of para-hydroxylation sites is 1. The summed E-state index contributed by atoms with van der Waals surface area (Å²) in [6.07, 6.45) is 0.848. The molecule has 3 N–H and O–H groups in total. The number of anilines is 2. The van der Waals surface area contributed by atoms with Crippen LogP contribution in [0, 0.1) is 12.8 Å².